The standard InChI is InChI=1S/C35H43N7O2Si/c1-23(2)33-32-30(26-18-24-13-15-41(34(24)38-21-26)22-44-16-17-45(3,4)5)12-14-37-35(32)42(40-33)28-9-6-25(20-36)31(19-28)39-27-7-10-29(43)11-8-27/h6,9,12-15,18-19,21,23,27,29,39,43H,7-8,10-11,16-17,22H2,1-5H3. The van der Waals surface area contributed by atoms with Gasteiger partial charge in [0.25, 0.3) is 0 Å². The van der Waals surface area contributed by atoms with Crippen LogP contribution in [0, 0.1) is 11.3 Å². The van der Waals surface area contributed by atoms with Crippen molar-refractivity contribution in [2.45, 2.75) is 90.0 Å². The zero-order valence-corrected chi connectivity index (χ0v) is 27.9. The van der Waals surface area contributed by atoms with E-state index in [1.54, 1.807) is 0 Å². The van der Waals surface area contributed by atoms with Gasteiger partial charge in [-0.05, 0) is 79.6 Å². The Balaban J connectivity index is 1.34. The van der Waals surface area contributed by atoms with Gasteiger partial charge in [-0.25, -0.2) is 14.6 Å². The van der Waals surface area contributed by atoms with E-state index < -0.39 is 8.07 Å². The second-order valence-corrected chi connectivity index (χ2v) is 19.4. The van der Waals surface area contributed by atoms with Crippen LogP contribution in [-0.2, 0) is 11.5 Å². The minimum Gasteiger partial charge on any atom is -0.393 e. The van der Waals surface area contributed by atoms with Crippen LogP contribution in [0.5, 0.6) is 0 Å². The zero-order chi connectivity index (χ0) is 31.7. The molecule has 1 aliphatic carbocycles. The van der Waals surface area contributed by atoms with Gasteiger partial charge in [0, 0.05) is 50.3 Å². The molecule has 0 amide bonds. The average Bonchev–Trinajstić information content (AvgIpc) is 3.61. The summed E-state index contributed by atoms with van der Waals surface area (Å²) in [6, 6.07) is 15.8. The number of fused-ring (bicyclic) bond motifs is 2. The molecule has 234 valence electrons. The first-order valence-electron chi connectivity index (χ1n) is 16.0. The first kappa shape index (κ1) is 31.0. The van der Waals surface area contributed by atoms with Gasteiger partial charge >= 0.3 is 0 Å². The number of rotatable bonds is 10. The van der Waals surface area contributed by atoms with Gasteiger partial charge in [-0.15, -0.1) is 0 Å². The lowest BCUT2D eigenvalue weighted by Crippen LogP contribution is -2.28. The molecule has 2 N–H and O–H groups in total. The lowest BCUT2D eigenvalue weighted by Gasteiger charge is -2.27. The van der Waals surface area contributed by atoms with Crippen LogP contribution < -0.4 is 5.32 Å². The number of aromatic nitrogens is 5. The molecule has 1 aromatic carbocycles. The summed E-state index contributed by atoms with van der Waals surface area (Å²) in [5, 5.41) is 30.5. The summed E-state index contributed by atoms with van der Waals surface area (Å²) in [7, 11) is -1.14. The Labute approximate surface area is 265 Å². The Bertz CT molecular complexity index is 1860. The fraction of sp³-hybridized carbons (Fsp3) is 0.429. The number of aliphatic hydroxyl groups is 1. The van der Waals surface area contributed by atoms with Crippen molar-refractivity contribution in [2.75, 3.05) is 11.9 Å². The number of nitriles is 1. The maximum Gasteiger partial charge on any atom is 0.163 e. The Hall–Kier alpha value is -4.04. The van der Waals surface area contributed by atoms with Crippen molar-refractivity contribution in [3.05, 3.63) is 66.2 Å². The van der Waals surface area contributed by atoms with E-state index in [-0.39, 0.29) is 18.1 Å². The van der Waals surface area contributed by atoms with Gasteiger partial charge in [-0.3, -0.25) is 0 Å². The number of aliphatic hydroxyl groups excluding tert-OH is 1. The molecule has 0 spiro atoms. The molecule has 0 bridgehead atoms. The molecule has 6 rings (SSSR count). The van der Waals surface area contributed by atoms with Crippen LogP contribution in [0.25, 0.3) is 38.9 Å². The van der Waals surface area contributed by atoms with Crippen LogP contribution >= 0.6 is 0 Å². The van der Waals surface area contributed by atoms with Crippen molar-refractivity contribution in [3.63, 3.8) is 0 Å². The highest BCUT2D eigenvalue weighted by atomic mass is 28.3. The fourth-order valence-electron chi connectivity index (χ4n) is 6.09. The minimum absolute atomic E-state index is 0.160. The molecule has 4 aromatic heterocycles. The van der Waals surface area contributed by atoms with Crippen LogP contribution in [0.3, 0.4) is 0 Å². The maximum atomic E-state index is 9.95. The van der Waals surface area contributed by atoms with Gasteiger partial charge in [0.15, 0.2) is 5.65 Å². The minimum atomic E-state index is -1.14. The molecule has 0 saturated heterocycles. The van der Waals surface area contributed by atoms with Gasteiger partial charge in [-0.2, -0.15) is 10.4 Å². The first-order valence-corrected chi connectivity index (χ1v) is 19.7. The number of nitrogens with zero attached hydrogens (tertiary/aromatic N) is 6. The third kappa shape index (κ3) is 6.66. The van der Waals surface area contributed by atoms with Gasteiger partial charge in [-0.1, -0.05) is 33.5 Å². The zero-order valence-electron chi connectivity index (χ0n) is 26.9. The van der Waals surface area contributed by atoms with E-state index in [2.05, 4.69) is 61.6 Å². The molecule has 0 atom stereocenters. The molecule has 0 unspecified atom stereocenters. The van der Waals surface area contributed by atoms with Crippen molar-refractivity contribution in [1.82, 2.24) is 24.3 Å². The summed E-state index contributed by atoms with van der Waals surface area (Å²) < 4.78 is 9.96. The van der Waals surface area contributed by atoms with E-state index in [1.807, 2.05) is 47.5 Å². The van der Waals surface area contributed by atoms with Gasteiger partial charge in [0.05, 0.1) is 34.1 Å². The second kappa shape index (κ2) is 12.8. The third-order valence-electron chi connectivity index (χ3n) is 8.71. The topological polar surface area (TPSA) is 114 Å². The number of pyridine rings is 2. The van der Waals surface area contributed by atoms with E-state index in [0.717, 1.165) is 88.6 Å². The normalized spacial score (nSPS) is 17.3. The van der Waals surface area contributed by atoms with Crippen LogP contribution in [0.1, 0.15) is 56.7 Å². The SMILES string of the molecule is CC(C)c1nn(-c2ccc(C#N)c(NC3CCC(O)CC3)c2)c2nccc(-c3cnc4c(ccn4COCC[Si](C)(C)C)c3)c12. The first-order chi connectivity index (χ1) is 21.6. The molecule has 45 heavy (non-hydrogen) atoms. The molecule has 9 nitrogen and oxygen atoms in total. The van der Waals surface area contributed by atoms with Crippen LogP contribution in [-0.4, -0.2) is 56.2 Å². The monoisotopic (exact) mass is 621 g/mol. The number of nitrogens with one attached hydrogen (secondary N) is 1. The summed E-state index contributed by atoms with van der Waals surface area (Å²) in [6.07, 6.45) is 8.86. The molecule has 1 saturated carbocycles. The van der Waals surface area contributed by atoms with Gasteiger partial charge in [0.2, 0.25) is 0 Å². The number of hydrogen-bond donors (Lipinski definition) is 2. The summed E-state index contributed by atoms with van der Waals surface area (Å²) >= 11 is 0. The van der Waals surface area contributed by atoms with E-state index in [9.17, 15) is 10.4 Å². The highest BCUT2D eigenvalue weighted by molar-refractivity contribution is 6.76. The van der Waals surface area contributed by atoms with E-state index in [4.69, 9.17) is 19.8 Å². The smallest absolute Gasteiger partial charge is 0.163 e. The molecule has 1 aliphatic rings. The molecule has 0 radical (unpaired) electrons. The van der Waals surface area contributed by atoms with E-state index in [1.165, 1.54) is 0 Å². The van der Waals surface area contributed by atoms with E-state index >= 15 is 0 Å². The molecule has 0 aliphatic heterocycles. The Morgan fingerprint density at radius 3 is 2.60 bits per heavy atom. The molecular formula is C35H43N7O2Si. The highest BCUT2D eigenvalue weighted by Crippen LogP contribution is 2.36. The predicted molar refractivity (Wildman–Crippen MR) is 182 cm³/mol. The number of hydrogen-bond acceptors (Lipinski definition) is 7. The van der Waals surface area contributed by atoms with Crippen LogP contribution in [0.2, 0.25) is 25.7 Å². The second-order valence-electron chi connectivity index (χ2n) is 13.8. The van der Waals surface area contributed by atoms with Crippen molar-refractivity contribution in [1.29, 1.82) is 5.26 Å². The largest absolute Gasteiger partial charge is 0.393 e. The maximum absolute atomic E-state index is 9.95. The summed E-state index contributed by atoms with van der Waals surface area (Å²) in [4.78, 5) is 9.69. The Morgan fingerprint density at radius 2 is 1.87 bits per heavy atom. The van der Waals surface area contributed by atoms with Gasteiger partial charge in [0.1, 0.15) is 18.4 Å². The molecule has 10 heteroatoms. The summed E-state index contributed by atoms with van der Waals surface area (Å²) in [5.74, 6) is 0.160. The van der Waals surface area contributed by atoms with Crippen molar-refractivity contribution < 1.29 is 9.84 Å². The molecule has 5 aromatic rings. The van der Waals surface area contributed by atoms with Gasteiger partial charge < -0.3 is 19.7 Å². The average molecular weight is 622 g/mol. The van der Waals surface area contributed by atoms with Crippen LogP contribution in [0.4, 0.5) is 5.69 Å². The predicted octanol–water partition coefficient (Wildman–Crippen LogP) is 7.46. The van der Waals surface area contributed by atoms with E-state index in [0.29, 0.717) is 12.3 Å². The van der Waals surface area contributed by atoms with Crippen molar-refractivity contribution >= 4 is 35.8 Å². The Morgan fingerprint density at radius 1 is 1.07 bits per heavy atom. The lowest BCUT2D eigenvalue weighted by atomic mass is 9.93. The third-order valence-corrected chi connectivity index (χ3v) is 10.4. The quantitative estimate of drug-likeness (QED) is 0.123. The highest BCUT2D eigenvalue weighted by Gasteiger charge is 2.23. The molecule has 4 heterocycles. The number of anilines is 1. The summed E-state index contributed by atoms with van der Waals surface area (Å²) in [6.45, 7) is 12.6. The van der Waals surface area contributed by atoms with Crippen molar-refractivity contribution in [2.24, 2.45) is 0 Å². The molecular weight excluding hydrogens is 579 g/mol. The lowest BCUT2D eigenvalue weighted by molar-refractivity contribution is 0.0899. The number of benzene rings is 1. The van der Waals surface area contributed by atoms with Crippen molar-refractivity contribution in [3.8, 4) is 22.9 Å². The fourth-order valence-corrected chi connectivity index (χ4v) is 6.84. The number of ether oxygens (including phenoxy) is 1. The molecule has 1 fully saturated rings. The Kier molecular flexibility index (Phi) is 8.77. The van der Waals surface area contributed by atoms with Crippen LogP contribution in [0.15, 0.2) is 55.0 Å². The summed E-state index contributed by atoms with van der Waals surface area (Å²) in [5.41, 5.74) is 6.89.